The van der Waals surface area contributed by atoms with E-state index in [9.17, 15) is 14.4 Å². The van der Waals surface area contributed by atoms with E-state index >= 15 is 0 Å². The fraction of sp³-hybridized carbons (Fsp3) is 0.412. The molecule has 1 saturated heterocycles. The molecule has 3 amide bonds. The number of hydrogen-bond acceptors (Lipinski definition) is 5. The monoisotopic (exact) mass is 360 g/mol. The molecule has 7 nitrogen and oxygen atoms in total. The van der Waals surface area contributed by atoms with Crippen LogP contribution < -0.4 is 10.9 Å². The molecule has 1 aliphatic heterocycles. The number of urea groups is 1. The molecule has 0 spiro atoms. The Kier molecular flexibility index (Phi) is 5.08. The van der Waals surface area contributed by atoms with Gasteiger partial charge in [-0.15, -0.1) is 0 Å². The van der Waals surface area contributed by atoms with Crippen molar-refractivity contribution in [3.63, 3.8) is 0 Å². The zero-order valence-corrected chi connectivity index (χ0v) is 15.0. The van der Waals surface area contributed by atoms with E-state index in [0.717, 1.165) is 6.42 Å². The minimum atomic E-state index is -0.514. The Morgan fingerprint density at radius 2 is 2.12 bits per heavy atom. The van der Waals surface area contributed by atoms with Crippen molar-refractivity contribution in [2.45, 2.75) is 37.2 Å². The van der Waals surface area contributed by atoms with Crippen LogP contribution in [0.5, 0.6) is 0 Å². The van der Waals surface area contributed by atoms with Gasteiger partial charge in [0.1, 0.15) is 0 Å². The number of hydrogen-bond donors (Lipinski definition) is 1. The molecule has 8 heteroatoms. The number of carbonyl (C=O) groups is 2. The molecule has 0 saturated carbocycles. The highest BCUT2D eigenvalue weighted by molar-refractivity contribution is 8.00. The van der Waals surface area contributed by atoms with E-state index in [1.54, 1.807) is 23.6 Å². The number of nitrogens with zero attached hydrogens (tertiary/aromatic N) is 3. The zero-order chi connectivity index (χ0) is 18.0. The molecule has 1 aromatic heterocycles. The third kappa shape index (κ3) is 3.39. The number of aromatic nitrogens is 2. The highest BCUT2D eigenvalue weighted by Crippen LogP contribution is 2.24. The summed E-state index contributed by atoms with van der Waals surface area (Å²) >= 11 is 1.22. The number of carbonyl (C=O) groups excluding carboxylic acids is 2. The molecule has 1 unspecified atom stereocenters. The summed E-state index contributed by atoms with van der Waals surface area (Å²) in [4.78, 5) is 42.7. The lowest BCUT2D eigenvalue weighted by Crippen LogP contribution is -2.39. The van der Waals surface area contributed by atoms with E-state index in [4.69, 9.17) is 0 Å². The number of rotatable bonds is 5. The van der Waals surface area contributed by atoms with E-state index in [1.807, 2.05) is 19.1 Å². The molecule has 2 aromatic rings. The minimum Gasteiger partial charge on any atom is -0.336 e. The van der Waals surface area contributed by atoms with Crippen molar-refractivity contribution in [1.29, 1.82) is 0 Å². The molecule has 25 heavy (non-hydrogen) atoms. The molecule has 0 radical (unpaired) electrons. The predicted octanol–water partition coefficient (Wildman–Crippen LogP) is 1.84. The summed E-state index contributed by atoms with van der Waals surface area (Å²) in [6, 6.07) is 6.82. The molecule has 132 valence electrons. The van der Waals surface area contributed by atoms with Crippen LogP contribution in [0.3, 0.4) is 0 Å². The lowest BCUT2D eigenvalue weighted by Gasteiger charge is -2.19. The lowest BCUT2D eigenvalue weighted by molar-refractivity contribution is -0.126. The number of fused-ring (bicyclic) bond motifs is 1. The lowest BCUT2D eigenvalue weighted by atomic mass is 10.2. The quantitative estimate of drug-likeness (QED) is 0.650. The van der Waals surface area contributed by atoms with Crippen LogP contribution in [0.25, 0.3) is 10.9 Å². The summed E-state index contributed by atoms with van der Waals surface area (Å²) in [5, 5.41) is 3.18. The van der Waals surface area contributed by atoms with Gasteiger partial charge in [0, 0.05) is 19.6 Å². The molecule has 3 rings (SSSR count). The van der Waals surface area contributed by atoms with Crippen LogP contribution >= 0.6 is 11.8 Å². The smallest absolute Gasteiger partial charge is 0.324 e. The van der Waals surface area contributed by atoms with Crippen LogP contribution in [-0.2, 0) is 11.3 Å². The predicted molar refractivity (Wildman–Crippen MR) is 96.7 cm³/mol. The maximum Gasteiger partial charge on any atom is 0.324 e. The number of amides is 3. The van der Waals surface area contributed by atoms with Gasteiger partial charge in [-0.1, -0.05) is 30.8 Å². The zero-order valence-electron chi connectivity index (χ0n) is 14.2. The third-order valence-corrected chi connectivity index (χ3v) is 5.10. The van der Waals surface area contributed by atoms with E-state index in [1.165, 1.54) is 16.7 Å². The second-order valence-electron chi connectivity index (χ2n) is 5.85. The first-order chi connectivity index (χ1) is 12.0. The van der Waals surface area contributed by atoms with E-state index < -0.39 is 5.25 Å². The largest absolute Gasteiger partial charge is 0.336 e. The van der Waals surface area contributed by atoms with E-state index in [-0.39, 0.29) is 17.5 Å². The third-order valence-electron chi connectivity index (χ3n) is 4.03. The van der Waals surface area contributed by atoms with Crippen LogP contribution in [0.15, 0.2) is 34.2 Å². The normalized spacial score (nSPS) is 15.4. The maximum absolute atomic E-state index is 12.7. The summed E-state index contributed by atoms with van der Waals surface area (Å²) in [6.07, 6.45) is 0.782. The molecule has 1 atom stereocenters. The van der Waals surface area contributed by atoms with Gasteiger partial charge in [-0.05, 0) is 25.5 Å². The van der Waals surface area contributed by atoms with E-state index in [2.05, 4.69) is 10.3 Å². The van der Waals surface area contributed by atoms with Crippen LogP contribution in [0, 0.1) is 0 Å². The van der Waals surface area contributed by atoms with Gasteiger partial charge in [-0.25, -0.2) is 9.78 Å². The standard InChI is InChI=1S/C17H20N4O3S/c1-3-9-21-15(23)12-6-4-5-7-13(12)19-17(21)25-11(2)14(22)20-10-8-18-16(20)24/h4-7,11H,3,8-10H2,1-2H3,(H,18,24). The van der Waals surface area contributed by atoms with Gasteiger partial charge in [-0.2, -0.15) is 0 Å². The molecular weight excluding hydrogens is 340 g/mol. The molecule has 1 fully saturated rings. The van der Waals surface area contributed by atoms with Gasteiger partial charge in [0.15, 0.2) is 5.16 Å². The summed E-state index contributed by atoms with van der Waals surface area (Å²) in [6.45, 7) is 5.09. The fourth-order valence-corrected chi connectivity index (χ4v) is 3.77. The van der Waals surface area contributed by atoms with Crippen LogP contribution in [0.4, 0.5) is 4.79 Å². The van der Waals surface area contributed by atoms with Crippen molar-refractivity contribution < 1.29 is 9.59 Å². The van der Waals surface area contributed by atoms with Crippen molar-refractivity contribution in [3.8, 4) is 0 Å². The van der Waals surface area contributed by atoms with Crippen LogP contribution in [-0.4, -0.2) is 44.7 Å². The highest BCUT2D eigenvalue weighted by atomic mass is 32.2. The highest BCUT2D eigenvalue weighted by Gasteiger charge is 2.31. The average molecular weight is 360 g/mol. The van der Waals surface area contributed by atoms with Crippen LogP contribution in [0.1, 0.15) is 20.3 Å². The van der Waals surface area contributed by atoms with Gasteiger partial charge in [0.25, 0.3) is 5.56 Å². The topological polar surface area (TPSA) is 84.3 Å². The minimum absolute atomic E-state index is 0.103. The Hall–Kier alpha value is -2.35. The van der Waals surface area contributed by atoms with Crippen LogP contribution in [0.2, 0.25) is 0 Å². The van der Waals surface area contributed by atoms with Crippen molar-refractivity contribution in [2.75, 3.05) is 13.1 Å². The Morgan fingerprint density at radius 1 is 1.36 bits per heavy atom. The first-order valence-corrected chi connectivity index (χ1v) is 9.16. The summed E-state index contributed by atoms with van der Waals surface area (Å²) < 4.78 is 1.61. The van der Waals surface area contributed by atoms with Crippen molar-refractivity contribution >= 4 is 34.6 Å². The maximum atomic E-state index is 12.7. The van der Waals surface area contributed by atoms with Gasteiger partial charge >= 0.3 is 6.03 Å². The Morgan fingerprint density at radius 3 is 2.80 bits per heavy atom. The number of imide groups is 1. The Balaban J connectivity index is 1.94. The Bertz CT molecular complexity index is 880. The van der Waals surface area contributed by atoms with Gasteiger partial charge < -0.3 is 5.32 Å². The number of benzene rings is 1. The summed E-state index contributed by atoms with van der Waals surface area (Å²) in [5.74, 6) is -0.273. The summed E-state index contributed by atoms with van der Waals surface area (Å²) in [7, 11) is 0. The van der Waals surface area contributed by atoms with E-state index in [0.29, 0.717) is 35.7 Å². The first-order valence-electron chi connectivity index (χ1n) is 8.28. The molecule has 1 aliphatic rings. The fourth-order valence-electron chi connectivity index (χ4n) is 2.77. The van der Waals surface area contributed by atoms with Gasteiger partial charge in [0.05, 0.1) is 16.2 Å². The number of thioether (sulfide) groups is 1. The molecule has 0 bridgehead atoms. The number of para-hydroxylation sites is 1. The Labute approximate surface area is 149 Å². The molecule has 2 heterocycles. The second kappa shape index (κ2) is 7.26. The molecular formula is C17H20N4O3S. The van der Waals surface area contributed by atoms with Gasteiger partial charge in [-0.3, -0.25) is 19.1 Å². The van der Waals surface area contributed by atoms with Crippen molar-refractivity contribution in [1.82, 2.24) is 19.8 Å². The van der Waals surface area contributed by atoms with Gasteiger partial charge in [0.2, 0.25) is 5.91 Å². The van der Waals surface area contributed by atoms with Crippen molar-refractivity contribution in [3.05, 3.63) is 34.6 Å². The second-order valence-corrected chi connectivity index (χ2v) is 7.16. The average Bonchev–Trinajstić information content (AvgIpc) is 3.03. The SMILES string of the molecule is CCCn1c(SC(C)C(=O)N2CCNC2=O)nc2ccccc2c1=O. The molecule has 1 aromatic carbocycles. The summed E-state index contributed by atoms with van der Waals surface area (Å²) in [5.41, 5.74) is 0.509. The number of nitrogens with one attached hydrogen (secondary N) is 1. The van der Waals surface area contributed by atoms with Crippen molar-refractivity contribution in [2.24, 2.45) is 0 Å². The molecule has 1 N–H and O–H groups in total. The molecule has 0 aliphatic carbocycles. The first kappa shape index (κ1) is 17.5.